The molecule has 0 aliphatic rings. The van der Waals surface area contributed by atoms with Crippen LogP contribution in [0, 0.1) is 0 Å². The lowest BCUT2D eigenvalue weighted by Gasteiger charge is -2.09. The second-order valence-electron chi connectivity index (χ2n) is 3.80. The van der Waals surface area contributed by atoms with Gasteiger partial charge in [0.05, 0.1) is 11.1 Å². The Kier molecular flexibility index (Phi) is 4.83. The van der Waals surface area contributed by atoms with E-state index in [9.17, 15) is 4.79 Å². The molecule has 1 rings (SSSR count). The second-order valence-corrected chi connectivity index (χ2v) is 4.23. The highest BCUT2D eigenvalue weighted by Gasteiger charge is 2.12. The second kappa shape index (κ2) is 5.92. The van der Waals surface area contributed by atoms with E-state index in [1.54, 1.807) is 19.2 Å². The Morgan fingerprint density at radius 3 is 2.94 bits per heavy atom. The largest absolute Gasteiger partial charge is 0.392 e. The first-order valence-electron chi connectivity index (χ1n) is 5.36. The van der Waals surface area contributed by atoms with Gasteiger partial charge in [0.15, 0.2) is 0 Å². The molecule has 0 fully saturated rings. The lowest BCUT2D eigenvalue weighted by Crippen LogP contribution is -2.31. The van der Waals surface area contributed by atoms with Gasteiger partial charge in [0.1, 0.15) is 5.69 Å². The maximum atomic E-state index is 11.8. The molecule has 0 spiro atoms. The highest BCUT2D eigenvalue weighted by molar-refractivity contribution is 6.31. The Bertz CT molecular complexity index is 361. The van der Waals surface area contributed by atoms with Crippen molar-refractivity contribution in [3.05, 3.63) is 23.0 Å². The van der Waals surface area contributed by atoms with Crippen molar-refractivity contribution in [1.29, 1.82) is 0 Å². The Balaban J connectivity index is 2.73. The maximum absolute atomic E-state index is 11.8. The number of aromatic nitrogens is 1. The van der Waals surface area contributed by atoms with Crippen LogP contribution in [0.15, 0.2) is 12.3 Å². The molecule has 2 N–H and O–H groups in total. The fraction of sp³-hybridized carbons (Fsp3) is 0.545. The summed E-state index contributed by atoms with van der Waals surface area (Å²) in [6, 6.07) is 1.63. The number of nitrogens with one attached hydrogen (secondary N) is 1. The topological polar surface area (TPSA) is 54.3 Å². The summed E-state index contributed by atoms with van der Waals surface area (Å²) in [5.41, 5.74) is 0.535. The SMILES string of the molecule is CCCn1cc(Cl)cc1C(=O)NC[C@@H](C)O. The van der Waals surface area contributed by atoms with E-state index in [2.05, 4.69) is 5.32 Å². The molecule has 5 heteroatoms. The quantitative estimate of drug-likeness (QED) is 0.828. The number of hydrogen-bond acceptors (Lipinski definition) is 2. The molecule has 0 aromatic carbocycles. The molecule has 0 bridgehead atoms. The molecule has 0 saturated carbocycles. The van der Waals surface area contributed by atoms with Crippen LogP contribution in [0.4, 0.5) is 0 Å². The normalized spacial score (nSPS) is 12.5. The van der Waals surface area contributed by atoms with Gasteiger partial charge in [-0.3, -0.25) is 4.79 Å². The first-order valence-corrected chi connectivity index (χ1v) is 5.74. The summed E-state index contributed by atoms with van der Waals surface area (Å²) < 4.78 is 1.82. The predicted molar refractivity (Wildman–Crippen MR) is 63.7 cm³/mol. The van der Waals surface area contributed by atoms with Gasteiger partial charge >= 0.3 is 0 Å². The average molecular weight is 245 g/mol. The van der Waals surface area contributed by atoms with Crippen LogP contribution < -0.4 is 5.32 Å². The Morgan fingerprint density at radius 1 is 1.69 bits per heavy atom. The summed E-state index contributed by atoms with van der Waals surface area (Å²) in [5.74, 6) is -0.207. The zero-order valence-corrected chi connectivity index (χ0v) is 10.3. The Hall–Kier alpha value is -1.00. The molecule has 16 heavy (non-hydrogen) atoms. The molecule has 1 heterocycles. The van der Waals surface area contributed by atoms with Crippen molar-refractivity contribution in [2.45, 2.75) is 32.9 Å². The first-order chi connectivity index (χ1) is 7.54. The van der Waals surface area contributed by atoms with Gasteiger partial charge in [-0.25, -0.2) is 0 Å². The number of amides is 1. The summed E-state index contributed by atoms with van der Waals surface area (Å²) in [4.78, 5) is 11.8. The number of aliphatic hydroxyl groups excluding tert-OH is 1. The first kappa shape index (κ1) is 13.1. The zero-order valence-electron chi connectivity index (χ0n) is 9.53. The number of hydrogen-bond donors (Lipinski definition) is 2. The molecule has 90 valence electrons. The third-order valence-electron chi connectivity index (χ3n) is 2.12. The molecule has 0 unspecified atom stereocenters. The van der Waals surface area contributed by atoms with Crippen molar-refractivity contribution in [3.8, 4) is 0 Å². The molecule has 0 aliphatic carbocycles. The minimum absolute atomic E-state index is 0.207. The standard InChI is InChI=1S/C11H17ClN2O2/c1-3-4-14-7-9(12)5-10(14)11(16)13-6-8(2)15/h5,7-8,15H,3-4,6H2,1-2H3,(H,13,16)/t8-/m1/s1. The number of carbonyl (C=O) groups excluding carboxylic acids is 1. The van der Waals surface area contributed by atoms with Crippen molar-refractivity contribution in [1.82, 2.24) is 9.88 Å². The summed E-state index contributed by atoms with van der Waals surface area (Å²) in [7, 11) is 0. The van der Waals surface area contributed by atoms with E-state index >= 15 is 0 Å². The van der Waals surface area contributed by atoms with Crippen LogP contribution in [0.2, 0.25) is 5.02 Å². The number of rotatable bonds is 5. The van der Waals surface area contributed by atoms with Crippen LogP contribution in [0.3, 0.4) is 0 Å². The van der Waals surface area contributed by atoms with E-state index in [-0.39, 0.29) is 12.5 Å². The Labute approximate surface area is 100 Å². The van der Waals surface area contributed by atoms with Crippen LogP contribution in [-0.2, 0) is 6.54 Å². The summed E-state index contributed by atoms with van der Waals surface area (Å²) in [5, 5.41) is 12.3. The van der Waals surface area contributed by atoms with Crippen LogP contribution in [0.5, 0.6) is 0 Å². The molecule has 0 saturated heterocycles. The van der Waals surface area contributed by atoms with Gasteiger partial charge < -0.3 is 15.0 Å². The summed E-state index contributed by atoms with van der Waals surface area (Å²) >= 11 is 5.86. The number of nitrogens with zero attached hydrogens (tertiary/aromatic N) is 1. The van der Waals surface area contributed by atoms with Crippen molar-refractivity contribution < 1.29 is 9.90 Å². The van der Waals surface area contributed by atoms with Crippen LogP contribution in [0.1, 0.15) is 30.8 Å². The van der Waals surface area contributed by atoms with Gasteiger partial charge in [0, 0.05) is 19.3 Å². The van der Waals surface area contributed by atoms with E-state index in [0.717, 1.165) is 13.0 Å². The molecule has 1 amide bonds. The molecule has 1 atom stereocenters. The van der Waals surface area contributed by atoms with Gasteiger partial charge in [0.2, 0.25) is 0 Å². The smallest absolute Gasteiger partial charge is 0.268 e. The number of aryl methyl sites for hydroxylation is 1. The van der Waals surface area contributed by atoms with Gasteiger partial charge in [-0.05, 0) is 19.4 Å². The van der Waals surface area contributed by atoms with E-state index in [1.807, 2.05) is 11.5 Å². The predicted octanol–water partition coefficient (Wildman–Crippen LogP) is 1.66. The average Bonchev–Trinajstić information content (AvgIpc) is 2.56. The van der Waals surface area contributed by atoms with Crippen molar-refractivity contribution in [3.63, 3.8) is 0 Å². The molecular weight excluding hydrogens is 228 g/mol. The van der Waals surface area contributed by atoms with Crippen molar-refractivity contribution in [2.75, 3.05) is 6.54 Å². The van der Waals surface area contributed by atoms with Crippen LogP contribution in [-0.4, -0.2) is 28.2 Å². The van der Waals surface area contributed by atoms with Gasteiger partial charge in [-0.15, -0.1) is 0 Å². The fourth-order valence-electron chi connectivity index (χ4n) is 1.42. The highest BCUT2D eigenvalue weighted by atomic mass is 35.5. The minimum Gasteiger partial charge on any atom is -0.392 e. The van der Waals surface area contributed by atoms with Gasteiger partial charge in [-0.1, -0.05) is 18.5 Å². The van der Waals surface area contributed by atoms with Crippen molar-refractivity contribution >= 4 is 17.5 Å². The number of carbonyl (C=O) groups is 1. The van der Waals surface area contributed by atoms with E-state index in [1.165, 1.54) is 0 Å². The van der Waals surface area contributed by atoms with E-state index in [0.29, 0.717) is 10.7 Å². The molecular formula is C11H17ClN2O2. The zero-order chi connectivity index (χ0) is 12.1. The molecule has 1 aromatic rings. The Morgan fingerprint density at radius 2 is 2.38 bits per heavy atom. The fourth-order valence-corrected chi connectivity index (χ4v) is 1.64. The van der Waals surface area contributed by atoms with E-state index in [4.69, 9.17) is 16.7 Å². The monoisotopic (exact) mass is 244 g/mol. The summed E-state index contributed by atoms with van der Waals surface area (Å²) in [6.07, 6.45) is 2.12. The lowest BCUT2D eigenvalue weighted by atomic mass is 10.3. The van der Waals surface area contributed by atoms with Gasteiger partial charge in [0.25, 0.3) is 5.91 Å². The van der Waals surface area contributed by atoms with Crippen LogP contribution >= 0.6 is 11.6 Å². The molecule has 0 radical (unpaired) electrons. The minimum atomic E-state index is -0.547. The number of aliphatic hydroxyl groups is 1. The maximum Gasteiger partial charge on any atom is 0.268 e. The van der Waals surface area contributed by atoms with Crippen molar-refractivity contribution in [2.24, 2.45) is 0 Å². The summed E-state index contributed by atoms with van der Waals surface area (Å²) in [6.45, 7) is 4.65. The lowest BCUT2D eigenvalue weighted by molar-refractivity contribution is 0.0914. The highest BCUT2D eigenvalue weighted by Crippen LogP contribution is 2.14. The van der Waals surface area contributed by atoms with Gasteiger partial charge in [-0.2, -0.15) is 0 Å². The molecule has 4 nitrogen and oxygen atoms in total. The van der Waals surface area contributed by atoms with E-state index < -0.39 is 6.10 Å². The number of halogens is 1. The molecule has 0 aliphatic heterocycles. The van der Waals surface area contributed by atoms with Crippen LogP contribution in [0.25, 0.3) is 0 Å². The molecule has 1 aromatic heterocycles. The third kappa shape index (κ3) is 3.54. The third-order valence-corrected chi connectivity index (χ3v) is 2.33.